The van der Waals surface area contributed by atoms with Crippen molar-refractivity contribution in [2.45, 2.75) is 24.0 Å². The van der Waals surface area contributed by atoms with E-state index in [9.17, 15) is 22.0 Å². The minimum Gasteiger partial charge on any atom is -0.378 e. The molecule has 10 nitrogen and oxygen atoms in total. The average molecular weight is 493 g/mol. The second-order valence-corrected chi connectivity index (χ2v) is 9.39. The van der Waals surface area contributed by atoms with Gasteiger partial charge in [0.05, 0.1) is 18.0 Å². The van der Waals surface area contributed by atoms with E-state index in [0.29, 0.717) is 36.6 Å². The van der Waals surface area contributed by atoms with Crippen molar-refractivity contribution in [3.8, 4) is 0 Å². The number of pyridine rings is 1. The smallest absolute Gasteiger partial charge is 0.263 e. The number of hydrogen-bond donors (Lipinski definition) is 3. The second kappa shape index (κ2) is 9.73. The Kier molecular flexibility index (Phi) is 6.75. The molecule has 180 valence electrons. The van der Waals surface area contributed by atoms with Gasteiger partial charge in [-0.2, -0.15) is 0 Å². The van der Waals surface area contributed by atoms with Crippen LogP contribution in [0.3, 0.4) is 0 Å². The largest absolute Gasteiger partial charge is 0.378 e. The minimum absolute atomic E-state index is 0.0141. The van der Waals surface area contributed by atoms with Crippen LogP contribution in [0.15, 0.2) is 52.3 Å². The zero-order valence-corrected chi connectivity index (χ0v) is 18.9. The van der Waals surface area contributed by atoms with Crippen molar-refractivity contribution in [3.63, 3.8) is 0 Å². The third-order valence-electron chi connectivity index (χ3n) is 5.08. The average Bonchev–Trinajstić information content (AvgIpc) is 3.21. The molecule has 4 rings (SSSR count). The van der Waals surface area contributed by atoms with Crippen molar-refractivity contribution in [1.82, 2.24) is 15.0 Å². The fourth-order valence-corrected chi connectivity index (χ4v) is 4.58. The van der Waals surface area contributed by atoms with E-state index < -0.39 is 21.7 Å². The Morgan fingerprint density at radius 2 is 1.97 bits per heavy atom. The van der Waals surface area contributed by atoms with Crippen LogP contribution in [-0.2, 0) is 21.4 Å². The van der Waals surface area contributed by atoms with Crippen molar-refractivity contribution in [3.05, 3.63) is 70.3 Å². The molecule has 1 aliphatic heterocycles. The number of benzene rings is 1. The molecule has 0 radical (unpaired) electrons. The van der Waals surface area contributed by atoms with Gasteiger partial charge < -0.3 is 15.0 Å². The van der Waals surface area contributed by atoms with E-state index in [1.807, 2.05) is 4.90 Å². The molecule has 1 fully saturated rings. The number of nitrogens with one attached hydrogen (secondary N) is 3. The fraction of sp³-hybridized carbons (Fsp3) is 0.286. The van der Waals surface area contributed by atoms with Crippen molar-refractivity contribution < 1.29 is 21.9 Å². The van der Waals surface area contributed by atoms with Crippen LogP contribution in [0.4, 0.5) is 26.2 Å². The Morgan fingerprint density at radius 3 is 2.65 bits per heavy atom. The van der Waals surface area contributed by atoms with E-state index in [1.54, 1.807) is 0 Å². The van der Waals surface area contributed by atoms with Gasteiger partial charge in [-0.05, 0) is 30.7 Å². The number of ether oxygens (including phenoxy) is 1. The summed E-state index contributed by atoms with van der Waals surface area (Å²) in [5.74, 6) is -0.883. The number of sulfonamides is 1. The molecule has 1 unspecified atom stereocenters. The highest BCUT2D eigenvalue weighted by atomic mass is 32.2. The SMILES string of the molecule is COCc1cc(=O)[nH]c(N2CCC(Nc3ccc(S(=O)(=O)Nc4cc(F)cc(F)c4)cn3)C2)n1. The summed E-state index contributed by atoms with van der Waals surface area (Å²) >= 11 is 0. The van der Waals surface area contributed by atoms with E-state index in [0.717, 1.165) is 24.8 Å². The Hall–Kier alpha value is -3.58. The summed E-state index contributed by atoms with van der Waals surface area (Å²) < 4.78 is 58.9. The lowest BCUT2D eigenvalue weighted by Gasteiger charge is -2.18. The van der Waals surface area contributed by atoms with Gasteiger partial charge in [0.15, 0.2) is 0 Å². The Balaban J connectivity index is 1.40. The van der Waals surface area contributed by atoms with Crippen LogP contribution in [0.5, 0.6) is 0 Å². The zero-order valence-electron chi connectivity index (χ0n) is 18.1. The van der Waals surface area contributed by atoms with E-state index in [1.165, 1.54) is 25.3 Å². The van der Waals surface area contributed by atoms with Crippen LogP contribution in [0.2, 0.25) is 0 Å². The molecule has 1 aromatic carbocycles. The number of methoxy groups -OCH3 is 1. The lowest BCUT2D eigenvalue weighted by molar-refractivity contribution is 0.181. The van der Waals surface area contributed by atoms with Crippen molar-refractivity contribution in [1.29, 1.82) is 0 Å². The standard InChI is InChI=1S/C21H22F2N6O4S/c1-33-12-17-9-20(30)27-21(26-17)29-5-4-15(11-29)25-19-3-2-18(10-24-19)34(31,32)28-16-7-13(22)6-14(23)8-16/h2-3,6-10,15,28H,4-5,11-12H2,1H3,(H,24,25)(H,26,27,30). The third-order valence-corrected chi connectivity index (χ3v) is 6.44. The number of hydrogen-bond acceptors (Lipinski definition) is 8. The van der Waals surface area contributed by atoms with E-state index >= 15 is 0 Å². The van der Waals surface area contributed by atoms with Crippen LogP contribution < -0.4 is 20.5 Å². The summed E-state index contributed by atoms with van der Waals surface area (Å²) in [5.41, 5.74) is 0.0409. The molecule has 0 bridgehead atoms. The summed E-state index contributed by atoms with van der Waals surface area (Å²) in [6, 6.07) is 6.62. The van der Waals surface area contributed by atoms with Crippen molar-refractivity contribution in [2.24, 2.45) is 0 Å². The normalized spacial score (nSPS) is 16.0. The number of nitrogens with zero attached hydrogens (tertiary/aromatic N) is 3. The summed E-state index contributed by atoms with van der Waals surface area (Å²) in [5, 5.41) is 3.23. The second-order valence-electron chi connectivity index (χ2n) is 7.71. The lowest BCUT2D eigenvalue weighted by atomic mass is 10.2. The number of aromatic amines is 1. The summed E-state index contributed by atoms with van der Waals surface area (Å²) in [4.78, 5) is 24.9. The van der Waals surface area contributed by atoms with E-state index in [4.69, 9.17) is 4.74 Å². The quantitative estimate of drug-likeness (QED) is 0.436. The molecule has 3 N–H and O–H groups in total. The molecule has 0 spiro atoms. The number of halogens is 2. The molecular weight excluding hydrogens is 470 g/mol. The first-order chi connectivity index (χ1) is 16.2. The van der Waals surface area contributed by atoms with Gasteiger partial charge in [0.25, 0.3) is 15.6 Å². The van der Waals surface area contributed by atoms with Gasteiger partial charge >= 0.3 is 0 Å². The molecule has 1 saturated heterocycles. The van der Waals surface area contributed by atoms with Crippen LogP contribution in [0, 0.1) is 11.6 Å². The van der Waals surface area contributed by atoms with Gasteiger partial charge in [-0.15, -0.1) is 0 Å². The van der Waals surface area contributed by atoms with E-state index in [2.05, 4.69) is 25.0 Å². The van der Waals surface area contributed by atoms with Gasteiger partial charge in [-0.3, -0.25) is 14.5 Å². The van der Waals surface area contributed by atoms with E-state index in [-0.39, 0.29) is 28.8 Å². The first-order valence-electron chi connectivity index (χ1n) is 10.3. The molecule has 2 aromatic heterocycles. The van der Waals surface area contributed by atoms with Gasteiger partial charge in [-0.1, -0.05) is 0 Å². The predicted molar refractivity (Wildman–Crippen MR) is 121 cm³/mol. The number of rotatable bonds is 8. The fourth-order valence-electron chi connectivity index (χ4n) is 3.60. The highest BCUT2D eigenvalue weighted by molar-refractivity contribution is 7.92. The molecule has 3 heterocycles. The van der Waals surface area contributed by atoms with Gasteiger partial charge in [0.1, 0.15) is 22.3 Å². The highest BCUT2D eigenvalue weighted by Gasteiger charge is 2.25. The summed E-state index contributed by atoms with van der Waals surface area (Å²) in [6.45, 7) is 1.43. The molecule has 0 saturated carbocycles. The maximum absolute atomic E-state index is 13.3. The molecular formula is C21H22F2N6O4S. The number of anilines is 3. The van der Waals surface area contributed by atoms with Crippen LogP contribution >= 0.6 is 0 Å². The van der Waals surface area contributed by atoms with Crippen LogP contribution in [-0.4, -0.2) is 49.6 Å². The highest BCUT2D eigenvalue weighted by Crippen LogP contribution is 2.21. The lowest BCUT2D eigenvalue weighted by Crippen LogP contribution is -2.29. The number of H-pyrrole nitrogens is 1. The molecule has 1 atom stereocenters. The minimum atomic E-state index is -4.08. The molecule has 13 heteroatoms. The topological polar surface area (TPSA) is 129 Å². The summed E-state index contributed by atoms with van der Waals surface area (Å²) in [7, 11) is -2.56. The maximum atomic E-state index is 13.3. The van der Waals surface area contributed by atoms with Gasteiger partial charge in [0, 0.05) is 44.6 Å². The molecule has 0 amide bonds. The van der Waals surface area contributed by atoms with Gasteiger partial charge in [-0.25, -0.2) is 27.2 Å². The number of aromatic nitrogens is 3. The first kappa shape index (κ1) is 23.6. The van der Waals surface area contributed by atoms with Crippen LogP contribution in [0.1, 0.15) is 12.1 Å². The third kappa shape index (κ3) is 5.66. The Morgan fingerprint density at radius 1 is 1.21 bits per heavy atom. The maximum Gasteiger partial charge on any atom is 0.263 e. The molecule has 1 aliphatic rings. The van der Waals surface area contributed by atoms with Gasteiger partial charge in [0.2, 0.25) is 5.95 Å². The molecule has 3 aromatic rings. The predicted octanol–water partition coefficient (Wildman–Crippen LogP) is 2.08. The van der Waals surface area contributed by atoms with Crippen molar-refractivity contribution in [2.75, 3.05) is 35.1 Å². The van der Waals surface area contributed by atoms with Crippen molar-refractivity contribution >= 4 is 27.5 Å². The first-order valence-corrected chi connectivity index (χ1v) is 11.8. The Labute approximate surface area is 194 Å². The summed E-state index contributed by atoms with van der Waals surface area (Å²) in [6.07, 6.45) is 1.90. The monoisotopic (exact) mass is 492 g/mol. The molecule has 34 heavy (non-hydrogen) atoms. The molecule has 0 aliphatic carbocycles. The van der Waals surface area contributed by atoms with Crippen LogP contribution in [0.25, 0.3) is 0 Å². The Bertz CT molecular complexity index is 1310. The zero-order chi connectivity index (χ0) is 24.3.